The third-order valence-electron chi connectivity index (χ3n) is 3.53. The molecular formula is C11H14N2O. The molecule has 0 aromatic heterocycles. The molecule has 0 unspecified atom stereocenters. The van der Waals surface area contributed by atoms with Gasteiger partial charge in [0.25, 0.3) is 0 Å². The Hall–Kier alpha value is -1.30. The van der Waals surface area contributed by atoms with Gasteiger partial charge in [0.15, 0.2) is 0 Å². The number of allylic oxidation sites excluding steroid dienone is 2. The molecule has 0 radical (unpaired) electrons. The van der Waals surface area contributed by atoms with Crippen molar-refractivity contribution in [3.05, 3.63) is 11.1 Å². The van der Waals surface area contributed by atoms with Crippen LogP contribution < -0.4 is 0 Å². The second-order valence-electron chi connectivity index (χ2n) is 4.59. The van der Waals surface area contributed by atoms with E-state index in [4.69, 9.17) is 10.1 Å². The number of oxime groups is 1. The summed E-state index contributed by atoms with van der Waals surface area (Å²) in [4.78, 5) is 4.82. The molecule has 0 aromatic rings. The fraction of sp³-hybridized carbons (Fsp3) is 0.636. The van der Waals surface area contributed by atoms with E-state index in [2.05, 4.69) is 25.1 Å². The average molecular weight is 190 g/mol. The summed E-state index contributed by atoms with van der Waals surface area (Å²) in [5.41, 5.74) is 3.08. The maximum atomic E-state index is 9.05. The Morgan fingerprint density at radius 3 is 2.50 bits per heavy atom. The molecule has 74 valence electrons. The predicted molar refractivity (Wildman–Crippen MR) is 53.5 cm³/mol. The van der Waals surface area contributed by atoms with Crippen molar-refractivity contribution >= 4 is 5.71 Å². The first kappa shape index (κ1) is 9.26. The number of nitrogens with zero attached hydrogens (tertiary/aromatic N) is 2. The van der Waals surface area contributed by atoms with E-state index in [0.29, 0.717) is 11.8 Å². The third-order valence-corrected chi connectivity index (χ3v) is 3.53. The van der Waals surface area contributed by atoms with Gasteiger partial charge in [0.2, 0.25) is 0 Å². The van der Waals surface area contributed by atoms with Gasteiger partial charge in [-0.25, -0.2) is 0 Å². The van der Waals surface area contributed by atoms with Crippen LogP contribution in [0.2, 0.25) is 0 Å². The van der Waals surface area contributed by atoms with Crippen molar-refractivity contribution in [1.29, 1.82) is 5.26 Å². The molecule has 3 nitrogen and oxygen atoms in total. The molecule has 2 aliphatic carbocycles. The highest BCUT2D eigenvalue weighted by Gasteiger charge is 2.66. The van der Waals surface area contributed by atoms with E-state index in [9.17, 15) is 0 Å². The van der Waals surface area contributed by atoms with E-state index in [1.165, 1.54) is 0 Å². The lowest BCUT2D eigenvalue weighted by molar-refractivity contribution is 0.212. The van der Waals surface area contributed by atoms with Crippen molar-refractivity contribution in [3.63, 3.8) is 0 Å². The smallest absolute Gasteiger partial charge is 0.106 e. The van der Waals surface area contributed by atoms with Gasteiger partial charge >= 0.3 is 0 Å². The molecule has 0 aliphatic heterocycles. The largest absolute Gasteiger partial charge is 0.399 e. The Kier molecular flexibility index (Phi) is 1.72. The summed E-state index contributed by atoms with van der Waals surface area (Å²) >= 11 is 0. The van der Waals surface area contributed by atoms with E-state index in [1.807, 2.05) is 6.92 Å². The fourth-order valence-corrected chi connectivity index (χ4v) is 2.67. The zero-order valence-electron chi connectivity index (χ0n) is 8.96. The first-order valence-electron chi connectivity index (χ1n) is 4.78. The molecule has 0 heterocycles. The molecule has 0 aromatic carbocycles. The monoisotopic (exact) mass is 190 g/mol. The molecule has 14 heavy (non-hydrogen) atoms. The number of nitriles is 1. The van der Waals surface area contributed by atoms with Crippen LogP contribution >= 0.6 is 0 Å². The number of rotatable bonds is 1. The highest BCUT2D eigenvalue weighted by Crippen LogP contribution is 2.67. The van der Waals surface area contributed by atoms with Crippen LogP contribution in [0.5, 0.6) is 0 Å². The summed E-state index contributed by atoms with van der Waals surface area (Å²) < 4.78 is 0. The van der Waals surface area contributed by atoms with Crippen LogP contribution in [-0.4, -0.2) is 12.8 Å². The summed E-state index contributed by atoms with van der Waals surface area (Å²) in [6.45, 7) is 6.31. The molecule has 0 saturated heterocycles. The van der Waals surface area contributed by atoms with Crippen molar-refractivity contribution < 1.29 is 4.84 Å². The first-order valence-corrected chi connectivity index (χ1v) is 4.78. The van der Waals surface area contributed by atoms with Gasteiger partial charge in [-0.05, 0) is 17.9 Å². The Bertz CT molecular complexity index is 385. The summed E-state index contributed by atoms with van der Waals surface area (Å²) in [5.74, 6) is 0.776. The molecule has 1 saturated carbocycles. The number of hydrogen-bond acceptors (Lipinski definition) is 3. The average Bonchev–Trinajstić information content (AvgIpc) is 2.53. The van der Waals surface area contributed by atoms with Crippen molar-refractivity contribution in [2.45, 2.75) is 20.8 Å². The van der Waals surface area contributed by atoms with Gasteiger partial charge in [-0.15, -0.1) is 0 Å². The van der Waals surface area contributed by atoms with E-state index in [0.717, 1.165) is 16.9 Å². The van der Waals surface area contributed by atoms with Crippen molar-refractivity contribution in [2.24, 2.45) is 22.4 Å². The second-order valence-corrected chi connectivity index (χ2v) is 4.59. The normalized spacial score (nSPS) is 35.5. The minimum absolute atomic E-state index is 0.196. The Balaban J connectivity index is 2.45. The first-order chi connectivity index (χ1) is 6.55. The van der Waals surface area contributed by atoms with Crippen LogP contribution in [0.3, 0.4) is 0 Å². The van der Waals surface area contributed by atoms with E-state index in [-0.39, 0.29) is 5.41 Å². The Morgan fingerprint density at radius 1 is 1.43 bits per heavy atom. The van der Waals surface area contributed by atoms with Gasteiger partial charge in [0.1, 0.15) is 7.11 Å². The van der Waals surface area contributed by atoms with Crippen LogP contribution in [0.1, 0.15) is 20.8 Å². The minimum Gasteiger partial charge on any atom is -0.399 e. The van der Waals surface area contributed by atoms with E-state index in [1.54, 1.807) is 7.11 Å². The molecule has 2 aliphatic rings. The SMILES string of the molecule is CO/N=C1/C(C)=C(C#N)[C@H]2[C@@H]1C2(C)C. The molecular weight excluding hydrogens is 176 g/mol. The number of hydrogen-bond donors (Lipinski definition) is 0. The van der Waals surface area contributed by atoms with E-state index < -0.39 is 0 Å². The lowest BCUT2D eigenvalue weighted by atomic mass is 9.95. The fourth-order valence-electron chi connectivity index (χ4n) is 2.67. The maximum Gasteiger partial charge on any atom is 0.106 e. The molecule has 0 bridgehead atoms. The van der Waals surface area contributed by atoms with Crippen LogP contribution in [0.4, 0.5) is 0 Å². The second kappa shape index (κ2) is 2.60. The van der Waals surface area contributed by atoms with Gasteiger partial charge in [-0.1, -0.05) is 19.0 Å². The van der Waals surface area contributed by atoms with Crippen molar-refractivity contribution in [1.82, 2.24) is 0 Å². The van der Waals surface area contributed by atoms with Gasteiger partial charge < -0.3 is 4.84 Å². The predicted octanol–water partition coefficient (Wildman–Crippen LogP) is 2.11. The number of fused-ring (bicyclic) bond motifs is 1. The lowest BCUT2D eigenvalue weighted by Gasteiger charge is -2.09. The zero-order valence-corrected chi connectivity index (χ0v) is 8.96. The van der Waals surface area contributed by atoms with Crippen molar-refractivity contribution in [3.8, 4) is 6.07 Å². The lowest BCUT2D eigenvalue weighted by Crippen LogP contribution is -2.09. The summed E-state index contributed by atoms with van der Waals surface area (Å²) in [5, 5.41) is 13.1. The summed E-state index contributed by atoms with van der Waals surface area (Å²) in [6.07, 6.45) is 0. The quantitative estimate of drug-likeness (QED) is 0.594. The topological polar surface area (TPSA) is 45.4 Å². The van der Waals surface area contributed by atoms with Gasteiger partial charge in [0.05, 0.1) is 11.8 Å². The molecule has 0 spiro atoms. The zero-order chi connectivity index (χ0) is 10.5. The third kappa shape index (κ3) is 0.886. The minimum atomic E-state index is 0.196. The maximum absolute atomic E-state index is 9.05. The van der Waals surface area contributed by atoms with Crippen LogP contribution in [0.25, 0.3) is 0 Å². The van der Waals surface area contributed by atoms with Crippen LogP contribution in [0.15, 0.2) is 16.3 Å². The Morgan fingerprint density at radius 2 is 2.07 bits per heavy atom. The summed E-state index contributed by atoms with van der Waals surface area (Å²) in [6, 6.07) is 2.29. The van der Waals surface area contributed by atoms with Crippen molar-refractivity contribution in [2.75, 3.05) is 7.11 Å². The van der Waals surface area contributed by atoms with Gasteiger partial charge in [0, 0.05) is 17.4 Å². The van der Waals surface area contributed by atoms with Crippen LogP contribution in [0, 0.1) is 28.6 Å². The molecule has 2 atom stereocenters. The highest BCUT2D eigenvalue weighted by molar-refractivity contribution is 6.08. The molecule has 0 amide bonds. The molecule has 2 rings (SSSR count). The molecule has 0 N–H and O–H groups in total. The molecule has 3 heteroatoms. The van der Waals surface area contributed by atoms with Gasteiger partial charge in [-0.3, -0.25) is 0 Å². The Labute approximate surface area is 84.0 Å². The van der Waals surface area contributed by atoms with Gasteiger partial charge in [-0.2, -0.15) is 5.26 Å². The summed E-state index contributed by atoms with van der Waals surface area (Å²) in [7, 11) is 1.55. The molecule has 1 fully saturated rings. The highest BCUT2D eigenvalue weighted by atomic mass is 16.6. The van der Waals surface area contributed by atoms with E-state index >= 15 is 0 Å². The van der Waals surface area contributed by atoms with Crippen LogP contribution in [-0.2, 0) is 4.84 Å². The standard InChI is InChI=1S/C11H14N2O/c1-6-7(5-12)8-9(11(8,2)3)10(6)13-14-4/h8-9H,1-4H3/b13-10-/t8-,9-/m0/s1.